The molecule has 2 aliphatic carbocycles. The van der Waals surface area contributed by atoms with Crippen molar-refractivity contribution in [3.8, 4) is 0 Å². The van der Waals surface area contributed by atoms with Gasteiger partial charge in [0.25, 0.3) is 0 Å². The Balaban J connectivity index is 1.55. The summed E-state index contributed by atoms with van der Waals surface area (Å²) < 4.78 is 37.0. The molecule has 2 saturated carbocycles. The van der Waals surface area contributed by atoms with Crippen molar-refractivity contribution in [1.82, 2.24) is 0 Å². The summed E-state index contributed by atoms with van der Waals surface area (Å²) in [5.41, 5.74) is 0.479. The van der Waals surface area contributed by atoms with Gasteiger partial charge in [-0.15, -0.1) is 0 Å². The van der Waals surface area contributed by atoms with Crippen molar-refractivity contribution >= 4 is 0 Å². The third-order valence-corrected chi connectivity index (χ3v) is 8.05. The Kier molecular flexibility index (Phi) is 11.1. The zero-order valence-electron chi connectivity index (χ0n) is 22.8. The molecule has 6 nitrogen and oxygen atoms in total. The van der Waals surface area contributed by atoms with E-state index in [-0.39, 0.29) is 29.8 Å². The lowest BCUT2D eigenvalue weighted by molar-refractivity contribution is -0.156. The number of ether oxygens (including phenoxy) is 6. The van der Waals surface area contributed by atoms with Gasteiger partial charge in [-0.05, 0) is 54.8 Å². The lowest BCUT2D eigenvalue weighted by atomic mass is 9.69. The number of rotatable bonds is 0. The van der Waals surface area contributed by atoms with Crippen molar-refractivity contribution < 1.29 is 28.4 Å². The molecule has 1 aliphatic heterocycles. The predicted molar refractivity (Wildman–Crippen MR) is 134 cm³/mol. The van der Waals surface area contributed by atoms with Gasteiger partial charge in [-0.1, -0.05) is 48.0 Å². The molecular formula is C28H52O6. The molecule has 3 aliphatic rings. The normalized spacial score (nSPS) is 36.5. The maximum atomic E-state index is 6.42. The highest BCUT2D eigenvalue weighted by molar-refractivity contribution is 4.91. The van der Waals surface area contributed by atoms with Crippen molar-refractivity contribution in [2.45, 2.75) is 104 Å². The van der Waals surface area contributed by atoms with Gasteiger partial charge < -0.3 is 28.4 Å². The van der Waals surface area contributed by atoms with Gasteiger partial charge in [0.15, 0.2) is 0 Å². The molecule has 0 aromatic carbocycles. The molecule has 6 atom stereocenters. The molecule has 6 unspecified atom stereocenters. The number of fused-ring (bicyclic) bond motifs is 2. The minimum atomic E-state index is 0.105. The van der Waals surface area contributed by atoms with E-state index in [1.807, 2.05) is 0 Å². The Morgan fingerprint density at radius 2 is 1.06 bits per heavy atom. The van der Waals surface area contributed by atoms with Crippen molar-refractivity contribution in [2.24, 2.45) is 22.7 Å². The van der Waals surface area contributed by atoms with Crippen LogP contribution in [0.15, 0.2) is 0 Å². The second-order valence-corrected chi connectivity index (χ2v) is 12.6. The van der Waals surface area contributed by atoms with E-state index >= 15 is 0 Å². The second-order valence-electron chi connectivity index (χ2n) is 12.6. The van der Waals surface area contributed by atoms with Crippen LogP contribution in [0.1, 0.15) is 80.1 Å². The van der Waals surface area contributed by atoms with Crippen LogP contribution < -0.4 is 0 Å². The van der Waals surface area contributed by atoms with Crippen LogP contribution in [0.4, 0.5) is 0 Å². The summed E-state index contributed by atoms with van der Waals surface area (Å²) in [6.07, 6.45) is 7.19. The van der Waals surface area contributed by atoms with Crippen molar-refractivity contribution in [3.63, 3.8) is 0 Å². The van der Waals surface area contributed by atoms with Gasteiger partial charge in [0.1, 0.15) is 0 Å². The minimum Gasteiger partial charge on any atom is -0.377 e. The molecule has 0 N–H and O–H groups in total. The summed E-state index contributed by atoms with van der Waals surface area (Å²) >= 11 is 0. The van der Waals surface area contributed by atoms with Gasteiger partial charge >= 0.3 is 0 Å². The SMILES string of the molecule is CC(C)(C)C1CCC2OCCOCCOC3CCCC(C(C)(C)C)C3OCCOCCOC2C1. The first kappa shape index (κ1) is 28.3. The summed E-state index contributed by atoms with van der Waals surface area (Å²) in [7, 11) is 0. The molecule has 200 valence electrons. The predicted octanol–water partition coefficient (Wildman–Crippen LogP) is 5.27. The third kappa shape index (κ3) is 8.70. The molecule has 0 spiro atoms. The van der Waals surface area contributed by atoms with Crippen LogP contribution in [-0.2, 0) is 28.4 Å². The first-order valence-electron chi connectivity index (χ1n) is 13.8. The maximum Gasteiger partial charge on any atom is 0.0870 e. The van der Waals surface area contributed by atoms with Crippen molar-refractivity contribution in [1.29, 1.82) is 0 Å². The molecule has 34 heavy (non-hydrogen) atoms. The minimum absolute atomic E-state index is 0.105. The van der Waals surface area contributed by atoms with Gasteiger partial charge in [0, 0.05) is 0 Å². The van der Waals surface area contributed by atoms with E-state index in [4.69, 9.17) is 28.4 Å². The lowest BCUT2D eigenvalue weighted by Gasteiger charge is -2.44. The molecular weight excluding hydrogens is 432 g/mol. The van der Waals surface area contributed by atoms with Gasteiger partial charge in [-0.3, -0.25) is 0 Å². The van der Waals surface area contributed by atoms with Crippen LogP contribution in [0.5, 0.6) is 0 Å². The average molecular weight is 485 g/mol. The number of hydrogen-bond acceptors (Lipinski definition) is 6. The van der Waals surface area contributed by atoms with Gasteiger partial charge in [0.05, 0.1) is 77.3 Å². The Morgan fingerprint density at radius 1 is 0.500 bits per heavy atom. The Bertz CT molecular complexity index is 568. The highest BCUT2D eigenvalue weighted by Gasteiger charge is 2.41. The summed E-state index contributed by atoms with van der Waals surface area (Å²) in [5.74, 6) is 1.13. The zero-order valence-corrected chi connectivity index (χ0v) is 22.8. The van der Waals surface area contributed by atoms with E-state index in [0.29, 0.717) is 70.1 Å². The van der Waals surface area contributed by atoms with Gasteiger partial charge in [-0.25, -0.2) is 0 Å². The van der Waals surface area contributed by atoms with E-state index in [9.17, 15) is 0 Å². The molecule has 0 bridgehead atoms. The van der Waals surface area contributed by atoms with E-state index in [0.717, 1.165) is 19.3 Å². The molecule has 0 radical (unpaired) electrons. The standard InChI is InChI=1S/C28H52O6/c1-27(2,3)21-10-11-23-25(20-21)33-18-14-30-15-19-34-26-22(28(4,5)6)8-7-9-24(26)32-17-13-29-12-16-31-23/h21-26H,7-20H2,1-6H3. The Labute approximate surface area is 208 Å². The van der Waals surface area contributed by atoms with Crippen LogP contribution in [0, 0.1) is 22.7 Å². The molecule has 1 heterocycles. The van der Waals surface area contributed by atoms with E-state index < -0.39 is 0 Å². The van der Waals surface area contributed by atoms with Crippen LogP contribution >= 0.6 is 0 Å². The largest absolute Gasteiger partial charge is 0.377 e. The molecule has 1 saturated heterocycles. The molecule has 0 aromatic heterocycles. The first-order valence-corrected chi connectivity index (χ1v) is 13.8. The summed E-state index contributed by atoms with van der Waals surface area (Å²) in [5, 5.41) is 0. The fraction of sp³-hybridized carbons (Fsp3) is 1.00. The third-order valence-electron chi connectivity index (χ3n) is 8.05. The Hall–Kier alpha value is -0.240. The second kappa shape index (κ2) is 13.3. The zero-order chi connectivity index (χ0) is 24.6. The van der Waals surface area contributed by atoms with Crippen molar-refractivity contribution in [3.05, 3.63) is 0 Å². The highest BCUT2D eigenvalue weighted by atomic mass is 16.6. The fourth-order valence-corrected chi connectivity index (χ4v) is 5.93. The molecule has 3 rings (SSSR count). The highest BCUT2D eigenvalue weighted by Crippen LogP contribution is 2.41. The van der Waals surface area contributed by atoms with E-state index in [1.165, 1.54) is 19.3 Å². The fourth-order valence-electron chi connectivity index (χ4n) is 5.93. The van der Waals surface area contributed by atoms with Crippen LogP contribution in [0.25, 0.3) is 0 Å². The van der Waals surface area contributed by atoms with Crippen LogP contribution in [-0.4, -0.2) is 77.3 Å². The smallest absolute Gasteiger partial charge is 0.0870 e. The van der Waals surface area contributed by atoms with E-state index in [1.54, 1.807) is 0 Å². The lowest BCUT2D eigenvalue weighted by Crippen LogP contribution is -2.47. The van der Waals surface area contributed by atoms with Crippen LogP contribution in [0.2, 0.25) is 0 Å². The molecule has 0 aromatic rings. The number of hydrogen-bond donors (Lipinski definition) is 0. The molecule has 6 heteroatoms. The maximum absolute atomic E-state index is 6.42. The average Bonchev–Trinajstić information content (AvgIpc) is 2.77. The van der Waals surface area contributed by atoms with E-state index in [2.05, 4.69) is 41.5 Å². The van der Waals surface area contributed by atoms with Gasteiger partial charge in [0.2, 0.25) is 0 Å². The Morgan fingerprint density at radius 3 is 1.65 bits per heavy atom. The van der Waals surface area contributed by atoms with Crippen molar-refractivity contribution in [2.75, 3.05) is 52.9 Å². The monoisotopic (exact) mass is 484 g/mol. The summed E-state index contributed by atoms with van der Waals surface area (Å²) in [6.45, 7) is 18.7. The summed E-state index contributed by atoms with van der Waals surface area (Å²) in [4.78, 5) is 0. The molecule has 3 fully saturated rings. The topological polar surface area (TPSA) is 55.4 Å². The van der Waals surface area contributed by atoms with Gasteiger partial charge in [-0.2, -0.15) is 0 Å². The first-order chi connectivity index (χ1) is 16.2. The summed E-state index contributed by atoms with van der Waals surface area (Å²) in [6, 6.07) is 0. The molecule has 0 amide bonds. The van der Waals surface area contributed by atoms with Crippen LogP contribution in [0.3, 0.4) is 0 Å². The quantitative estimate of drug-likeness (QED) is 0.467.